The first-order valence-electron chi connectivity index (χ1n) is 7.54. The summed E-state index contributed by atoms with van der Waals surface area (Å²) in [5, 5.41) is 3.22. The number of ether oxygens (including phenoxy) is 1. The molecule has 0 bridgehead atoms. The van der Waals surface area contributed by atoms with Gasteiger partial charge in [0.15, 0.2) is 0 Å². The summed E-state index contributed by atoms with van der Waals surface area (Å²) in [5.74, 6) is 0. The van der Waals surface area contributed by atoms with Crippen molar-refractivity contribution in [3.8, 4) is 5.19 Å². The fourth-order valence-corrected chi connectivity index (χ4v) is 5.05. The van der Waals surface area contributed by atoms with Gasteiger partial charge in [0.05, 0.1) is 12.1 Å². The van der Waals surface area contributed by atoms with Gasteiger partial charge in [0.2, 0.25) is 10.0 Å². The minimum Gasteiger partial charge on any atom is -0.465 e. The smallest absolute Gasteiger partial charge is 0.273 e. The van der Waals surface area contributed by atoms with Gasteiger partial charge in [0.25, 0.3) is 5.19 Å². The molecule has 24 heavy (non-hydrogen) atoms. The van der Waals surface area contributed by atoms with Crippen molar-refractivity contribution in [1.29, 1.82) is 0 Å². The highest BCUT2D eigenvalue weighted by Gasteiger charge is 2.35. The summed E-state index contributed by atoms with van der Waals surface area (Å²) in [6.45, 7) is 0.757. The number of aromatic nitrogens is 2. The maximum absolute atomic E-state index is 13.0. The summed E-state index contributed by atoms with van der Waals surface area (Å²) in [7, 11) is -3.60. The minimum absolute atomic E-state index is 0.172. The lowest BCUT2D eigenvalue weighted by atomic mass is 10.2. The van der Waals surface area contributed by atoms with Gasteiger partial charge < -0.3 is 4.74 Å². The van der Waals surface area contributed by atoms with Gasteiger partial charge in [-0.15, -0.1) is 0 Å². The maximum atomic E-state index is 13.0. The molecule has 0 saturated carbocycles. The van der Waals surface area contributed by atoms with Gasteiger partial charge in [0.1, 0.15) is 11.0 Å². The Bertz CT molecular complexity index is 952. The fraction of sp³-hybridized carbons (Fsp3) is 0.250. The first-order valence-corrected chi connectivity index (χ1v) is 9.86. The van der Waals surface area contributed by atoms with E-state index in [4.69, 9.17) is 4.74 Å². The summed E-state index contributed by atoms with van der Waals surface area (Å²) >= 11 is 1.41. The number of fused-ring (bicyclic) bond motifs is 1. The lowest BCUT2D eigenvalue weighted by molar-refractivity contribution is 0.214. The number of para-hydroxylation sites is 1. The second kappa shape index (κ2) is 6.12. The normalized spacial score (nSPS) is 18.9. The first kappa shape index (κ1) is 15.5. The number of benzene rings is 1. The third-order valence-electron chi connectivity index (χ3n) is 4.00. The Balaban J connectivity index is 1.61. The zero-order valence-electron chi connectivity index (χ0n) is 12.7. The molecule has 0 aliphatic carbocycles. The number of pyridine rings is 1. The van der Waals surface area contributed by atoms with Gasteiger partial charge in [-0.05, 0) is 18.6 Å². The van der Waals surface area contributed by atoms with Crippen LogP contribution in [0.2, 0.25) is 0 Å². The Kier molecular flexibility index (Phi) is 3.95. The van der Waals surface area contributed by atoms with Crippen molar-refractivity contribution >= 4 is 32.3 Å². The van der Waals surface area contributed by atoms with Gasteiger partial charge >= 0.3 is 0 Å². The van der Waals surface area contributed by atoms with Crippen molar-refractivity contribution in [3.05, 3.63) is 48.1 Å². The maximum Gasteiger partial charge on any atom is 0.273 e. The van der Waals surface area contributed by atoms with E-state index in [0.29, 0.717) is 30.2 Å². The fourth-order valence-electron chi connectivity index (χ4n) is 2.85. The van der Waals surface area contributed by atoms with Crippen molar-refractivity contribution in [2.24, 2.45) is 0 Å². The highest BCUT2D eigenvalue weighted by molar-refractivity contribution is 7.89. The molecule has 0 amide bonds. The zero-order chi connectivity index (χ0) is 16.6. The third kappa shape index (κ3) is 2.77. The lowest BCUT2D eigenvalue weighted by Gasteiger charge is -2.17. The van der Waals surface area contributed by atoms with Crippen molar-refractivity contribution in [3.63, 3.8) is 0 Å². The molecular formula is C16H15N3O3S2. The van der Waals surface area contributed by atoms with Crippen LogP contribution in [0.4, 0.5) is 0 Å². The molecule has 1 fully saturated rings. The van der Waals surface area contributed by atoms with Crippen molar-refractivity contribution in [2.45, 2.75) is 17.4 Å². The number of thiazole rings is 1. The molecule has 0 spiro atoms. The molecule has 0 N–H and O–H groups in total. The summed E-state index contributed by atoms with van der Waals surface area (Å²) in [6.07, 6.45) is 3.76. The molecule has 1 aromatic carbocycles. The van der Waals surface area contributed by atoms with E-state index in [9.17, 15) is 8.42 Å². The van der Waals surface area contributed by atoms with Crippen LogP contribution in [0.15, 0.2) is 53.0 Å². The summed E-state index contributed by atoms with van der Waals surface area (Å²) in [6, 6.07) is 8.88. The Morgan fingerprint density at radius 2 is 2.04 bits per heavy atom. The van der Waals surface area contributed by atoms with Crippen LogP contribution in [0.25, 0.3) is 10.9 Å². The van der Waals surface area contributed by atoms with Crippen LogP contribution in [0.3, 0.4) is 0 Å². The molecule has 1 atom stereocenters. The molecule has 8 heteroatoms. The number of hydrogen-bond acceptors (Lipinski definition) is 6. The lowest BCUT2D eigenvalue weighted by Crippen LogP contribution is -2.31. The molecule has 3 aromatic rings. The van der Waals surface area contributed by atoms with E-state index < -0.39 is 10.0 Å². The minimum atomic E-state index is -3.60. The third-order valence-corrected chi connectivity index (χ3v) is 6.56. The topological polar surface area (TPSA) is 72.4 Å². The Labute approximate surface area is 143 Å². The molecule has 1 saturated heterocycles. The van der Waals surface area contributed by atoms with Gasteiger partial charge in [-0.1, -0.05) is 29.5 Å². The second-order valence-corrected chi connectivity index (χ2v) is 8.28. The van der Waals surface area contributed by atoms with E-state index >= 15 is 0 Å². The van der Waals surface area contributed by atoms with Gasteiger partial charge in [-0.3, -0.25) is 4.98 Å². The molecule has 3 heterocycles. The van der Waals surface area contributed by atoms with E-state index in [-0.39, 0.29) is 11.0 Å². The second-order valence-electron chi connectivity index (χ2n) is 5.52. The van der Waals surface area contributed by atoms with E-state index in [2.05, 4.69) is 9.97 Å². The Hall–Kier alpha value is -2.03. The van der Waals surface area contributed by atoms with Crippen LogP contribution >= 0.6 is 11.3 Å². The SMILES string of the molecule is O=S(=O)(c1cccc2cccnc12)N1CCC(Oc2nccs2)C1. The van der Waals surface area contributed by atoms with Crippen LogP contribution in [-0.4, -0.2) is 41.9 Å². The number of hydrogen-bond donors (Lipinski definition) is 0. The summed E-state index contributed by atoms with van der Waals surface area (Å²) in [4.78, 5) is 8.58. The van der Waals surface area contributed by atoms with Crippen LogP contribution < -0.4 is 4.74 Å². The summed E-state index contributed by atoms with van der Waals surface area (Å²) in [5.41, 5.74) is 0.504. The molecule has 124 valence electrons. The average molecular weight is 361 g/mol. The number of nitrogens with zero attached hydrogens (tertiary/aromatic N) is 3. The van der Waals surface area contributed by atoms with E-state index in [1.165, 1.54) is 15.6 Å². The van der Waals surface area contributed by atoms with E-state index in [1.54, 1.807) is 30.6 Å². The number of sulfonamides is 1. The highest BCUT2D eigenvalue weighted by atomic mass is 32.2. The molecule has 2 aromatic heterocycles. The standard InChI is InChI=1S/C16H15N3O3S2/c20-24(21,14-5-1-3-12-4-2-7-17-15(12)14)19-9-6-13(11-19)22-16-18-8-10-23-16/h1-5,7-8,10,13H,6,9,11H2. The predicted molar refractivity (Wildman–Crippen MR) is 91.6 cm³/mol. The largest absolute Gasteiger partial charge is 0.465 e. The molecule has 0 radical (unpaired) electrons. The van der Waals surface area contributed by atoms with Crippen LogP contribution in [-0.2, 0) is 10.0 Å². The highest BCUT2D eigenvalue weighted by Crippen LogP contribution is 2.28. The van der Waals surface area contributed by atoms with Crippen molar-refractivity contribution in [1.82, 2.24) is 14.3 Å². The van der Waals surface area contributed by atoms with Crippen LogP contribution in [0.5, 0.6) is 5.19 Å². The Morgan fingerprint density at radius 3 is 2.88 bits per heavy atom. The molecule has 4 rings (SSSR count). The van der Waals surface area contributed by atoms with E-state index in [1.807, 2.05) is 17.5 Å². The van der Waals surface area contributed by atoms with Gasteiger partial charge in [0, 0.05) is 29.7 Å². The monoisotopic (exact) mass is 361 g/mol. The molecule has 6 nitrogen and oxygen atoms in total. The van der Waals surface area contributed by atoms with Gasteiger partial charge in [-0.25, -0.2) is 13.4 Å². The average Bonchev–Trinajstić information content (AvgIpc) is 3.27. The van der Waals surface area contributed by atoms with Crippen molar-refractivity contribution in [2.75, 3.05) is 13.1 Å². The quantitative estimate of drug-likeness (QED) is 0.714. The summed E-state index contributed by atoms with van der Waals surface area (Å²) < 4.78 is 33.2. The number of rotatable bonds is 4. The first-order chi connectivity index (χ1) is 11.6. The predicted octanol–water partition coefficient (Wildman–Crippen LogP) is 2.53. The van der Waals surface area contributed by atoms with Crippen LogP contribution in [0, 0.1) is 0 Å². The van der Waals surface area contributed by atoms with E-state index in [0.717, 1.165) is 5.39 Å². The van der Waals surface area contributed by atoms with Gasteiger partial charge in [-0.2, -0.15) is 4.31 Å². The molecule has 1 aliphatic rings. The zero-order valence-corrected chi connectivity index (χ0v) is 14.3. The molecule has 1 unspecified atom stereocenters. The Morgan fingerprint density at radius 1 is 1.17 bits per heavy atom. The molecular weight excluding hydrogens is 346 g/mol. The molecule has 1 aliphatic heterocycles. The van der Waals surface area contributed by atoms with Crippen LogP contribution in [0.1, 0.15) is 6.42 Å². The van der Waals surface area contributed by atoms with Crippen molar-refractivity contribution < 1.29 is 13.2 Å².